The Bertz CT molecular complexity index is 2020. The fourth-order valence-corrected chi connectivity index (χ4v) is 9.55. The molecule has 4 aromatic rings. The number of aryl methyl sites for hydroxylation is 1. The van der Waals surface area contributed by atoms with Crippen LogP contribution in [0, 0.1) is 24.1 Å². The van der Waals surface area contributed by atoms with E-state index in [1.165, 1.54) is 0 Å². The lowest BCUT2D eigenvalue weighted by Gasteiger charge is -2.51. The molecule has 12 heteroatoms. The number of fused-ring (bicyclic) bond motifs is 5. The Hall–Kier alpha value is -3.88. The van der Waals surface area contributed by atoms with Crippen molar-refractivity contribution in [3.05, 3.63) is 34.1 Å². The number of aromatic nitrogens is 3. The summed E-state index contributed by atoms with van der Waals surface area (Å²) in [6.45, 7) is 4.11. The van der Waals surface area contributed by atoms with Gasteiger partial charge >= 0.3 is 6.01 Å². The average molecular weight is 660 g/mol. The minimum absolute atomic E-state index is 0.0396. The zero-order valence-electron chi connectivity index (χ0n) is 26.3. The van der Waals surface area contributed by atoms with Crippen molar-refractivity contribution in [2.75, 3.05) is 36.9 Å². The maximum Gasteiger partial charge on any atom is 0.319 e. The van der Waals surface area contributed by atoms with E-state index in [1.54, 1.807) is 6.07 Å². The van der Waals surface area contributed by atoms with Gasteiger partial charge in [-0.2, -0.15) is 15.2 Å². The predicted molar refractivity (Wildman–Crippen MR) is 176 cm³/mol. The minimum atomic E-state index is -0.900. The van der Waals surface area contributed by atoms with Gasteiger partial charge in [0.1, 0.15) is 47.2 Å². The highest BCUT2D eigenvalue weighted by atomic mass is 35.5. The van der Waals surface area contributed by atoms with E-state index in [4.69, 9.17) is 36.8 Å². The van der Waals surface area contributed by atoms with Gasteiger partial charge in [0.15, 0.2) is 11.6 Å². The Morgan fingerprint density at radius 3 is 2.81 bits per heavy atom. The second-order valence-electron chi connectivity index (χ2n) is 14.2. The van der Waals surface area contributed by atoms with Crippen molar-refractivity contribution in [2.24, 2.45) is 0 Å². The van der Waals surface area contributed by atoms with E-state index >= 15 is 4.39 Å². The molecule has 0 unspecified atom stereocenters. The number of aromatic amines is 1. The lowest BCUT2D eigenvalue weighted by molar-refractivity contribution is -0.0349. The molecule has 3 atom stereocenters. The van der Waals surface area contributed by atoms with E-state index in [-0.39, 0.29) is 46.1 Å². The van der Waals surface area contributed by atoms with Gasteiger partial charge in [-0.3, -0.25) is 4.90 Å². The van der Waals surface area contributed by atoms with Crippen molar-refractivity contribution in [1.82, 2.24) is 19.9 Å². The maximum absolute atomic E-state index is 17.4. The highest BCUT2D eigenvalue weighted by Crippen LogP contribution is 2.56. The first-order chi connectivity index (χ1) is 22.7. The van der Waals surface area contributed by atoms with Gasteiger partial charge in [-0.25, -0.2) is 8.78 Å². The summed E-state index contributed by atoms with van der Waals surface area (Å²) in [6.07, 6.45) is 7.01. The number of hydrogen-bond acceptors (Lipinski definition) is 8. The largest absolute Gasteiger partial charge is 0.483 e. The molecule has 9 rings (SSSR count). The van der Waals surface area contributed by atoms with Crippen molar-refractivity contribution < 1.29 is 18.3 Å². The molecule has 9 nitrogen and oxygen atoms in total. The number of hydrogen-bond donors (Lipinski definition) is 2. The zero-order valence-corrected chi connectivity index (χ0v) is 27.0. The highest BCUT2D eigenvalue weighted by Gasteiger charge is 2.53. The summed E-state index contributed by atoms with van der Waals surface area (Å²) in [7, 11) is 0. The molecule has 1 saturated carbocycles. The Kier molecular flexibility index (Phi) is 6.42. The quantitative estimate of drug-likeness (QED) is 0.242. The van der Waals surface area contributed by atoms with Gasteiger partial charge in [-0.1, -0.05) is 23.7 Å². The third-order valence-electron chi connectivity index (χ3n) is 11.6. The van der Waals surface area contributed by atoms with E-state index in [0.29, 0.717) is 46.4 Å². The van der Waals surface area contributed by atoms with Crippen LogP contribution in [0.1, 0.15) is 68.9 Å². The SMILES string of the molecule is Cc1ccc(-c2c(Cl)c3c4c(nc(OC[C@@]56CCCN5C[C@H](F)C6)nc4c2F)N2CCCC[C@H]2C2(CCC2)O3)c2c(C#N)c(N)[nH]c12. The molecular formula is C35H36ClF2N7O2. The number of benzene rings is 2. The Morgan fingerprint density at radius 2 is 2.02 bits per heavy atom. The van der Waals surface area contributed by atoms with Crippen LogP contribution in [0.15, 0.2) is 12.1 Å². The molecule has 3 saturated heterocycles. The normalized spacial score (nSPS) is 26.1. The fraction of sp³-hybridized carbons (Fsp3) is 0.514. The van der Waals surface area contributed by atoms with Crippen molar-refractivity contribution in [2.45, 2.75) is 88.1 Å². The first kappa shape index (κ1) is 29.3. The first-order valence-corrected chi connectivity index (χ1v) is 17.1. The average Bonchev–Trinajstić information content (AvgIpc) is 3.66. The van der Waals surface area contributed by atoms with E-state index in [2.05, 4.69) is 20.9 Å². The number of alkyl halides is 1. The molecule has 6 heterocycles. The second-order valence-corrected chi connectivity index (χ2v) is 14.6. The molecule has 3 N–H and O–H groups in total. The fourth-order valence-electron chi connectivity index (χ4n) is 9.23. The molecule has 4 fully saturated rings. The molecule has 1 spiro atoms. The van der Waals surface area contributed by atoms with Crippen LogP contribution in [0.4, 0.5) is 20.4 Å². The van der Waals surface area contributed by atoms with Crippen LogP contribution in [-0.2, 0) is 0 Å². The Morgan fingerprint density at radius 1 is 1.17 bits per heavy atom. The highest BCUT2D eigenvalue weighted by molar-refractivity contribution is 6.37. The predicted octanol–water partition coefficient (Wildman–Crippen LogP) is 6.96. The van der Waals surface area contributed by atoms with Gasteiger partial charge in [0.25, 0.3) is 0 Å². The van der Waals surface area contributed by atoms with E-state index in [0.717, 1.165) is 70.0 Å². The van der Waals surface area contributed by atoms with Gasteiger partial charge < -0.3 is 25.1 Å². The molecule has 47 heavy (non-hydrogen) atoms. The van der Waals surface area contributed by atoms with Gasteiger partial charge in [0.2, 0.25) is 0 Å². The number of anilines is 2. The summed E-state index contributed by atoms with van der Waals surface area (Å²) >= 11 is 7.28. The molecule has 0 radical (unpaired) electrons. The van der Waals surface area contributed by atoms with Crippen LogP contribution >= 0.6 is 11.6 Å². The van der Waals surface area contributed by atoms with Crippen LogP contribution in [0.2, 0.25) is 5.02 Å². The van der Waals surface area contributed by atoms with Crippen LogP contribution in [0.25, 0.3) is 32.9 Å². The number of nitrogens with zero attached hydrogens (tertiary/aromatic N) is 5. The van der Waals surface area contributed by atoms with Crippen LogP contribution in [0.3, 0.4) is 0 Å². The molecule has 4 aliphatic heterocycles. The van der Waals surface area contributed by atoms with Crippen molar-refractivity contribution in [3.63, 3.8) is 0 Å². The summed E-state index contributed by atoms with van der Waals surface area (Å²) in [5.74, 6) is 0.483. The number of piperidine rings is 1. The summed E-state index contributed by atoms with van der Waals surface area (Å²) in [4.78, 5) is 17.3. The number of halogens is 3. The molecular weight excluding hydrogens is 624 g/mol. The number of H-pyrrole nitrogens is 1. The van der Waals surface area contributed by atoms with E-state index in [9.17, 15) is 9.65 Å². The standard InChI is InChI=1S/C35H36ClF2N7O2/c1-18-7-8-20(23-21(15-39)31(40)41-28(18)23)24-26(36)30-25-29(27(24)38)42-33(46-17-34-9-5-12-44(34)16-19(37)14-34)43-32(25)45-13-3-2-6-22(45)35(47-30)10-4-11-35/h7-8,19,22,41H,2-6,9-14,16-17,40H2,1H3/t19-,22+,34+/m1/s1. The monoisotopic (exact) mass is 659 g/mol. The van der Waals surface area contributed by atoms with E-state index < -0.39 is 23.1 Å². The van der Waals surface area contributed by atoms with Gasteiger partial charge in [0.05, 0.1) is 27.5 Å². The summed E-state index contributed by atoms with van der Waals surface area (Å²) in [6, 6.07) is 5.92. The van der Waals surface area contributed by atoms with Gasteiger partial charge in [-0.05, 0) is 76.0 Å². The molecule has 2 aromatic carbocycles. The van der Waals surface area contributed by atoms with Crippen molar-refractivity contribution >= 4 is 45.0 Å². The third kappa shape index (κ3) is 4.07. The summed E-state index contributed by atoms with van der Waals surface area (Å²) in [5, 5.41) is 11.1. The molecule has 2 aromatic heterocycles. The number of nitrogens with one attached hydrogen (secondary N) is 1. The molecule has 244 valence electrons. The van der Waals surface area contributed by atoms with Crippen molar-refractivity contribution in [3.8, 4) is 29.0 Å². The van der Waals surface area contributed by atoms with Crippen LogP contribution < -0.4 is 20.1 Å². The number of ether oxygens (including phenoxy) is 2. The lowest BCUT2D eigenvalue weighted by Crippen LogP contribution is -2.61. The lowest BCUT2D eigenvalue weighted by atomic mass is 9.71. The van der Waals surface area contributed by atoms with E-state index in [1.807, 2.05) is 13.0 Å². The van der Waals surface area contributed by atoms with Gasteiger partial charge in [-0.15, -0.1) is 0 Å². The minimum Gasteiger partial charge on any atom is -0.483 e. The number of nitrogen functional groups attached to an aromatic ring is 1. The third-order valence-corrected chi connectivity index (χ3v) is 12.0. The Labute approximate surface area is 276 Å². The molecule has 1 aliphatic carbocycles. The smallest absolute Gasteiger partial charge is 0.319 e. The first-order valence-electron chi connectivity index (χ1n) is 16.7. The number of rotatable bonds is 4. The number of nitriles is 1. The molecule has 0 amide bonds. The van der Waals surface area contributed by atoms with Crippen LogP contribution in [0.5, 0.6) is 11.8 Å². The summed E-state index contributed by atoms with van der Waals surface area (Å²) in [5.41, 5.74) is 7.62. The van der Waals surface area contributed by atoms with Gasteiger partial charge in [0, 0.05) is 30.5 Å². The summed E-state index contributed by atoms with van der Waals surface area (Å²) < 4.78 is 45.3. The molecule has 5 aliphatic rings. The zero-order chi connectivity index (χ0) is 32.2. The molecule has 0 bridgehead atoms. The van der Waals surface area contributed by atoms with Crippen LogP contribution in [-0.4, -0.2) is 69.4 Å². The second kappa shape index (κ2) is 10.3. The topological polar surface area (TPSA) is 116 Å². The Balaban J connectivity index is 1.29. The maximum atomic E-state index is 17.4. The van der Waals surface area contributed by atoms with Crippen molar-refractivity contribution in [1.29, 1.82) is 5.26 Å². The number of nitrogens with two attached hydrogens (primary N) is 1.